The summed E-state index contributed by atoms with van der Waals surface area (Å²) in [4.78, 5) is 2.22. The molecule has 0 aliphatic carbocycles. The Kier molecular flexibility index (Phi) is 4.40. The number of hydrogen-bond donors (Lipinski definition) is 1. The van der Waals surface area contributed by atoms with E-state index in [4.69, 9.17) is 4.74 Å². The summed E-state index contributed by atoms with van der Waals surface area (Å²) in [6, 6.07) is 8.36. The molecule has 1 aromatic rings. The van der Waals surface area contributed by atoms with E-state index in [2.05, 4.69) is 42.5 Å². The van der Waals surface area contributed by atoms with Crippen LogP contribution in [-0.4, -0.2) is 45.2 Å². The predicted octanol–water partition coefficient (Wildman–Crippen LogP) is 1.70. The molecule has 0 saturated heterocycles. The summed E-state index contributed by atoms with van der Waals surface area (Å²) in [5.41, 5.74) is 1.35. The van der Waals surface area contributed by atoms with E-state index in [1.165, 1.54) is 12.0 Å². The average molecular weight is 234 g/mol. The highest BCUT2D eigenvalue weighted by molar-refractivity contribution is 5.39. The van der Waals surface area contributed by atoms with Crippen LogP contribution in [0.3, 0.4) is 0 Å². The first-order chi connectivity index (χ1) is 8.27. The summed E-state index contributed by atoms with van der Waals surface area (Å²) < 4.78 is 5.66. The molecular weight excluding hydrogens is 212 g/mol. The van der Waals surface area contributed by atoms with Crippen LogP contribution in [-0.2, 0) is 0 Å². The SMILES string of the molecule is CN(C)CCCNCC1COc2ccccc21. The van der Waals surface area contributed by atoms with Crippen molar-refractivity contribution >= 4 is 0 Å². The molecule has 1 N–H and O–H groups in total. The molecule has 0 spiro atoms. The largest absolute Gasteiger partial charge is 0.493 e. The lowest BCUT2D eigenvalue weighted by Gasteiger charge is -2.12. The summed E-state index contributed by atoms with van der Waals surface area (Å²) >= 11 is 0. The Morgan fingerprint density at radius 1 is 1.35 bits per heavy atom. The second kappa shape index (κ2) is 6.03. The summed E-state index contributed by atoms with van der Waals surface area (Å²) in [6.45, 7) is 4.06. The second-order valence-corrected chi connectivity index (χ2v) is 4.91. The molecule has 3 nitrogen and oxygen atoms in total. The summed E-state index contributed by atoms with van der Waals surface area (Å²) in [7, 11) is 4.22. The van der Waals surface area contributed by atoms with Crippen molar-refractivity contribution in [3.8, 4) is 5.75 Å². The molecule has 94 valence electrons. The number of benzene rings is 1. The van der Waals surface area contributed by atoms with Gasteiger partial charge in [0.15, 0.2) is 0 Å². The fourth-order valence-electron chi connectivity index (χ4n) is 2.19. The lowest BCUT2D eigenvalue weighted by molar-refractivity contribution is 0.325. The lowest BCUT2D eigenvalue weighted by Crippen LogP contribution is -2.26. The van der Waals surface area contributed by atoms with Gasteiger partial charge in [0.1, 0.15) is 5.75 Å². The molecular formula is C14H22N2O. The Morgan fingerprint density at radius 3 is 3.00 bits per heavy atom. The fourth-order valence-corrected chi connectivity index (χ4v) is 2.19. The lowest BCUT2D eigenvalue weighted by atomic mass is 10.0. The number of para-hydroxylation sites is 1. The molecule has 3 heteroatoms. The van der Waals surface area contributed by atoms with Crippen molar-refractivity contribution in [2.24, 2.45) is 0 Å². The summed E-state index contributed by atoms with van der Waals surface area (Å²) in [5.74, 6) is 1.58. The molecule has 1 aliphatic heterocycles. The Hall–Kier alpha value is -1.06. The molecule has 1 heterocycles. The van der Waals surface area contributed by atoms with Crippen molar-refractivity contribution in [3.05, 3.63) is 29.8 Å². The maximum absolute atomic E-state index is 5.66. The number of fused-ring (bicyclic) bond motifs is 1. The monoisotopic (exact) mass is 234 g/mol. The van der Waals surface area contributed by atoms with Gasteiger partial charge in [-0.1, -0.05) is 18.2 Å². The van der Waals surface area contributed by atoms with Gasteiger partial charge in [0.2, 0.25) is 0 Å². The van der Waals surface area contributed by atoms with Crippen LogP contribution in [0.4, 0.5) is 0 Å². The highest BCUT2D eigenvalue weighted by Gasteiger charge is 2.22. The summed E-state index contributed by atoms with van der Waals surface area (Å²) in [6.07, 6.45) is 1.20. The van der Waals surface area contributed by atoms with Gasteiger partial charge in [-0.05, 0) is 39.7 Å². The van der Waals surface area contributed by atoms with E-state index in [0.29, 0.717) is 5.92 Å². The average Bonchev–Trinajstić information content (AvgIpc) is 2.72. The van der Waals surface area contributed by atoms with Gasteiger partial charge in [-0.3, -0.25) is 0 Å². The van der Waals surface area contributed by atoms with Gasteiger partial charge in [0.25, 0.3) is 0 Å². The predicted molar refractivity (Wildman–Crippen MR) is 70.7 cm³/mol. The van der Waals surface area contributed by atoms with Crippen molar-refractivity contribution < 1.29 is 4.74 Å². The normalized spacial score (nSPS) is 18.2. The fraction of sp³-hybridized carbons (Fsp3) is 0.571. The molecule has 1 atom stereocenters. The maximum Gasteiger partial charge on any atom is 0.122 e. The minimum Gasteiger partial charge on any atom is -0.493 e. The quantitative estimate of drug-likeness (QED) is 0.758. The minimum absolute atomic E-state index is 0.519. The first-order valence-corrected chi connectivity index (χ1v) is 6.34. The van der Waals surface area contributed by atoms with Crippen LogP contribution in [0.15, 0.2) is 24.3 Å². The third kappa shape index (κ3) is 3.45. The molecule has 0 amide bonds. The zero-order valence-corrected chi connectivity index (χ0v) is 10.8. The van der Waals surface area contributed by atoms with Gasteiger partial charge in [-0.25, -0.2) is 0 Å². The highest BCUT2D eigenvalue weighted by Crippen LogP contribution is 2.32. The van der Waals surface area contributed by atoms with Crippen molar-refractivity contribution in [2.45, 2.75) is 12.3 Å². The van der Waals surface area contributed by atoms with E-state index < -0.39 is 0 Å². The van der Waals surface area contributed by atoms with E-state index in [0.717, 1.165) is 32.0 Å². The van der Waals surface area contributed by atoms with Crippen LogP contribution < -0.4 is 10.1 Å². The second-order valence-electron chi connectivity index (χ2n) is 4.91. The zero-order valence-electron chi connectivity index (χ0n) is 10.8. The standard InChI is InChI=1S/C14H22N2O/c1-16(2)9-5-8-15-10-12-11-17-14-7-4-3-6-13(12)14/h3-4,6-7,12,15H,5,8-11H2,1-2H3. The van der Waals surface area contributed by atoms with Crippen molar-refractivity contribution in [2.75, 3.05) is 40.3 Å². The van der Waals surface area contributed by atoms with E-state index in [1.54, 1.807) is 0 Å². The Morgan fingerprint density at radius 2 is 2.18 bits per heavy atom. The zero-order chi connectivity index (χ0) is 12.1. The Labute approximate surface area is 104 Å². The van der Waals surface area contributed by atoms with Crippen LogP contribution in [0, 0.1) is 0 Å². The molecule has 17 heavy (non-hydrogen) atoms. The number of rotatable bonds is 6. The van der Waals surface area contributed by atoms with E-state index >= 15 is 0 Å². The van der Waals surface area contributed by atoms with Gasteiger partial charge in [0, 0.05) is 18.0 Å². The van der Waals surface area contributed by atoms with Gasteiger partial charge in [-0.15, -0.1) is 0 Å². The van der Waals surface area contributed by atoms with Crippen LogP contribution in [0.25, 0.3) is 0 Å². The van der Waals surface area contributed by atoms with Crippen LogP contribution in [0.2, 0.25) is 0 Å². The van der Waals surface area contributed by atoms with Crippen molar-refractivity contribution in [3.63, 3.8) is 0 Å². The van der Waals surface area contributed by atoms with Gasteiger partial charge < -0.3 is 15.0 Å². The van der Waals surface area contributed by atoms with Gasteiger partial charge >= 0.3 is 0 Å². The molecule has 0 radical (unpaired) electrons. The van der Waals surface area contributed by atoms with Crippen LogP contribution in [0.1, 0.15) is 17.9 Å². The Bertz CT molecular complexity index is 352. The maximum atomic E-state index is 5.66. The molecule has 0 fully saturated rings. The summed E-state index contributed by atoms with van der Waals surface area (Å²) in [5, 5.41) is 3.52. The van der Waals surface area contributed by atoms with Crippen LogP contribution in [0.5, 0.6) is 5.75 Å². The topological polar surface area (TPSA) is 24.5 Å². The molecule has 1 aromatic carbocycles. The Balaban J connectivity index is 1.71. The molecule has 1 unspecified atom stereocenters. The first kappa shape index (κ1) is 12.4. The van der Waals surface area contributed by atoms with Crippen molar-refractivity contribution in [1.29, 1.82) is 0 Å². The molecule has 1 aliphatic rings. The number of nitrogens with zero attached hydrogens (tertiary/aromatic N) is 1. The first-order valence-electron chi connectivity index (χ1n) is 6.34. The highest BCUT2D eigenvalue weighted by atomic mass is 16.5. The van der Waals surface area contributed by atoms with E-state index in [9.17, 15) is 0 Å². The van der Waals surface area contributed by atoms with Crippen molar-refractivity contribution in [1.82, 2.24) is 10.2 Å². The number of nitrogens with one attached hydrogen (secondary N) is 1. The minimum atomic E-state index is 0.519. The van der Waals surface area contributed by atoms with Gasteiger partial charge in [-0.2, -0.15) is 0 Å². The molecule has 0 aromatic heterocycles. The number of hydrogen-bond acceptors (Lipinski definition) is 3. The van der Waals surface area contributed by atoms with Crippen LogP contribution >= 0.6 is 0 Å². The smallest absolute Gasteiger partial charge is 0.122 e. The third-order valence-electron chi connectivity index (χ3n) is 3.15. The molecule has 2 rings (SSSR count). The van der Waals surface area contributed by atoms with Gasteiger partial charge in [0.05, 0.1) is 6.61 Å². The number of ether oxygens (including phenoxy) is 1. The third-order valence-corrected chi connectivity index (χ3v) is 3.15. The van der Waals surface area contributed by atoms with E-state index in [1.807, 2.05) is 6.07 Å². The molecule has 0 saturated carbocycles. The van der Waals surface area contributed by atoms with E-state index in [-0.39, 0.29) is 0 Å². The molecule has 0 bridgehead atoms.